The average molecular weight is 372 g/mol. The van der Waals surface area contributed by atoms with Crippen LogP contribution >= 0.6 is 11.6 Å². The largest absolute Gasteiger partial charge is 0.481 e. The van der Waals surface area contributed by atoms with Crippen LogP contribution in [0.25, 0.3) is 0 Å². The van der Waals surface area contributed by atoms with Gasteiger partial charge in [0.25, 0.3) is 0 Å². The topological polar surface area (TPSA) is 72.9 Å². The summed E-state index contributed by atoms with van der Waals surface area (Å²) in [6.07, 6.45) is 1.92. The van der Waals surface area contributed by atoms with E-state index in [1.165, 1.54) is 18.0 Å². The van der Waals surface area contributed by atoms with Crippen LogP contribution in [0.5, 0.6) is 0 Å². The number of hydrogen-bond donors (Lipinski definition) is 2. The number of halogens is 2. The summed E-state index contributed by atoms with van der Waals surface area (Å²) in [6.45, 7) is 1.95. The molecule has 25 heavy (non-hydrogen) atoms. The van der Waals surface area contributed by atoms with Gasteiger partial charge < -0.3 is 15.3 Å². The van der Waals surface area contributed by atoms with Crippen molar-refractivity contribution in [3.8, 4) is 0 Å². The van der Waals surface area contributed by atoms with Crippen LogP contribution in [0.4, 0.5) is 9.18 Å². The summed E-state index contributed by atoms with van der Waals surface area (Å²) in [7, 11) is 1.53. The van der Waals surface area contributed by atoms with E-state index in [9.17, 15) is 14.0 Å². The summed E-state index contributed by atoms with van der Waals surface area (Å²) >= 11 is 6.21. The second-order valence-corrected chi connectivity index (χ2v) is 6.55. The number of benzene rings is 1. The van der Waals surface area contributed by atoms with E-state index in [0.29, 0.717) is 10.6 Å². The number of amides is 2. The van der Waals surface area contributed by atoms with Crippen LogP contribution in [0.2, 0.25) is 5.02 Å². The Kier molecular flexibility index (Phi) is 7.01. The zero-order valence-corrected chi connectivity index (χ0v) is 14.9. The van der Waals surface area contributed by atoms with Gasteiger partial charge in [-0.2, -0.15) is 0 Å². The van der Waals surface area contributed by atoms with Crippen LogP contribution < -0.4 is 5.32 Å². The number of nitrogens with one attached hydrogen (secondary N) is 1. The first-order valence-corrected chi connectivity index (χ1v) is 8.66. The fraction of sp³-hybridized carbons (Fsp3) is 0.529. The Morgan fingerprint density at radius 1 is 1.40 bits per heavy atom. The molecule has 1 aromatic carbocycles. The summed E-state index contributed by atoms with van der Waals surface area (Å²) in [5.41, 5.74) is 0.388. The van der Waals surface area contributed by atoms with Gasteiger partial charge in [-0.25, -0.2) is 9.18 Å². The van der Waals surface area contributed by atoms with Gasteiger partial charge in [0.05, 0.1) is 12.5 Å². The molecule has 1 unspecified atom stereocenters. The summed E-state index contributed by atoms with van der Waals surface area (Å²) in [5, 5.41) is 11.8. The van der Waals surface area contributed by atoms with Crippen molar-refractivity contribution in [1.82, 2.24) is 15.1 Å². The summed E-state index contributed by atoms with van der Waals surface area (Å²) in [4.78, 5) is 26.2. The third-order valence-corrected chi connectivity index (χ3v) is 4.70. The van der Waals surface area contributed by atoms with E-state index in [4.69, 9.17) is 16.7 Å². The number of carbonyl (C=O) groups excluding carboxylic acids is 1. The fourth-order valence-corrected chi connectivity index (χ4v) is 3.27. The maximum Gasteiger partial charge on any atom is 0.317 e. The van der Waals surface area contributed by atoms with Crippen molar-refractivity contribution >= 4 is 23.6 Å². The van der Waals surface area contributed by atoms with E-state index < -0.39 is 17.8 Å². The molecule has 1 aliphatic heterocycles. The molecule has 8 heteroatoms. The molecule has 0 saturated carbocycles. The molecule has 138 valence electrons. The molecular weight excluding hydrogens is 349 g/mol. The molecule has 0 bridgehead atoms. The minimum atomic E-state index is -0.965. The number of urea groups is 1. The van der Waals surface area contributed by atoms with Gasteiger partial charge in [-0.15, -0.1) is 0 Å². The van der Waals surface area contributed by atoms with E-state index in [1.807, 2.05) is 0 Å². The molecular formula is C17H23ClFN3O3. The SMILES string of the molecule is CN(CCC(=O)O)C(=O)NCC(c1c(F)cccc1Cl)N1CCCC1. The van der Waals surface area contributed by atoms with Gasteiger partial charge in [-0.3, -0.25) is 9.69 Å². The van der Waals surface area contributed by atoms with Gasteiger partial charge in [0.2, 0.25) is 0 Å². The first kappa shape index (κ1) is 19.5. The maximum atomic E-state index is 14.3. The fourth-order valence-electron chi connectivity index (χ4n) is 2.98. The lowest BCUT2D eigenvalue weighted by Gasteiger charge is -2.30. The van der Waals surface area contributed by atoms with Crippen LogP contribution in [0.3, 0.4) is 0 Å². The van der Waals surface area contributed by atoms with Crippen LogP contribution in [0.1, 0.15) is 30.9 Å². The van der Waals surface area contributed by atoms with Gasteiger partial charge in [-0.1, -0.05) is 17.7 Å². The highest BCUT2D eigenvalue weighted by Gasteiger charge is 2.28. The lowest BCUT2D eigenvalue weighted by Crippen LogP contribution is -2.43. The third kappa shape index (κ3) is 5.31. The van der Waals surface area contributed by atoms with E-state index in [-0.39, 0.29) is 25.6 Å². The molecule has 0 radical (unpaired) electrons. The van der Waals surface area contributed by atoms with Gasteiger partial charge in [-0.05, 0) is 38.1 Å². The normalized spacial score (nSPS) is 15.8. The molecule has 1 heterocycles. The Balaban J connectivity index is 2.07. The number of rotatable bonds is 7. The van der Waals surface area contributed by atoms with Crippen molar-refractivity contribution in [2.75, 3.05) is 33.2 Å². The highest BCUT2D eigenvalue weighted by molar-refractivity contribution is 6.31. The second-order valence-electron chi connectivity index (χ2n) is 6.15. The predicted molar refractivity (Wildman–Crippen MR) is 93.2 cm³/mol. The van der Waals surface area contributed by atoms with Gasteiger partial charge in [0, 0.05) is 30.7 Å². The molecule has 2 amide bonds. The first-order valence-electron chi connectivity index (χ1n) is 8.29. The Morgan fingerprint density at radius 3 is 2.68 bits per heavy atom. The van der Waals surface area contributed by atoms with Gasteiger partial charge in [0.15, 0.2) is 0 Å². The Hall–Kier alpha value is -1.86. The number of carboxylic acids is 1. The molecule has 1 aliphatic rings. The van der Waals surface area contributed by atoms with Gasteiger partial charge >= 0.3 is 12.0 Å². The zero-order valence-electron chi connectivity index (χ0n) is 14.2. The molecule has 2 N–H and O–H groups in total. The quantitative estimate of drug-likeness (QED) is 0.773. The standard InChI is InChI=1S/C17H23ClFN3O3/c1-21(10-7-15(23)24)17(25)20-11-14(22-8-2-3-9-22)16-12(18)5-4-6-13(16)19/h4-6,14H,2-3,7-11H2,1H3,(H,20,25)(H,23,24). The number of hydrogen-bond acceptors (Lipinski definition) is 3. The molecule has 0 aromatic heterocycles. The van der Waals surface area contributed by atoms with E-state index in [1.54, 1.807) is 12.1 Å². The third-order valence-electron chi connectivity index (χ3n) is 4.37. The summed E-state index contributed by atoms with van der Waals surface area (Å²) in [5.74, 6) is -1.36. The Bertz CT molecular complexity index is 603. The first-order chi connectivity index (χ1) is 11.9. The van der Waals surface area contributed by atoms with Crippen molar-refractivity contribution < 1.29 is 19.1 Å². The molecule has 1 fully saturated rings. The van der Waals surface area contributed by atoms with Crippen LogP contribution in [0, 0.1) is 5.82 Å². The Labute approximate surface area is 151 Å². The van der Waals surface area contributed by atoms with E-state index >= 15 is 0 Å². The summed E-state index contributed by atoms with van der Waals surface area (Å²) < 4.78 is 14.3. The highest BCUT2D eigenvalue weighted by Crippen LogP contribution is 2.31. The molecule has 1 aromatic rings. The Morgan fingerprint density at radius 2 is 2.08 bits per heavy atom. The highest BCUT2D eigenvalue weighted by atomic mass is 35.5. The molecule has 1 saturated heterocycles. The number of carboxylic acid groups (broad SMARTS) is 1. The maximum absolute atomic E-state index is 14.3. The lowest BCUT2D eigenvalue weighted by atomic mass is 10.0. The lowest BCUT2D eigenvalue weighted by molar-refractivity contribution is -0.137. The summed E-state index contributed by atoms with van der Waals surface area (Å²) in [6, 6.07) is 3.82. The van der Waals surface area contributed by atoms with Crippen molar-refractivity contribution in [2.45, 2.75) is 25.3 Å². The number of likely N-dealkylation sites (tertiary alicyclic amines) is 1. The van der Waals surface area contributed by atoms with Crippen LogP contribution in [-0.4, -0.2) is 60.1 Å². The van der Waals surface area contributed by atoms with E-state index in [2.05, 4.69) is 10.2 Å². The molecule has 6 nitrogen and oxygen atoms in total. The second kappa shape index (κ2) is 9.01. The molecule has 2 rings (SSSR count). The number of aliphatic carboxylic acids is 1. The van der Waals surface area contributed by atoms with Crippen molar-refractivity contribution in [3.05, 3.63) is 34.6 Å². The van der Waals surface area contributed by atoms with Crippen LogP contribution in [0.15, 0.2) is 18.2 Å². The minimum Gasteiger partial charge on any atom is -0.481 e. The number of nitrogens with zero attached hydrogens (tertiary/aromatic N) is 2. The van der Waals surface area contributed by atoms with Crippen molar-refractivity contribution in [1.29, 1.82) is 0 Å². The molecule has 0 spiro atoms. The van der Waals surface area contributed by atoms with Crippen molar-refractivity contribution in [3.63, 3.8) is 0 Å². The van der Waals surface area contributed by atoms with Crippen LogP contribution in [-0.2, 0) is 4.79 Å². The minimum absolute atomic E-state index is 0.107. The molecule has 0 aliphatic carbocycles. The average Bonchev–Trinajstić information content (AvgIpc) is 3.09. The van der Waals surface area contributed by atoms with E-state index in [0.717, 1.165) is 25.9 Å². The smallest absolute Gasteiger partial charge is 0.317 e. The number of carbonyl (C=O) groups is 2. The predicted octanol–water partition coefficient (Wildman–Crippen LogP) is 2.73. The molecule has 1 atom stereocenters. The monoisotopic (exact) mass is 371 g/mol. The van der Waals surface area contributed by atoms with Crippen molar-refractivity contribution in [2.24, 2.45) is 0 Å². The van der Waals surface area contributed by atoms with Gasteiger partial charge in [0.1, 0.15) is 5.82 Å². The zero-order chi connectivity index (χ0) is 18.4.